The van der Waals surface area contributed by atoms with Gasteiger partial charge in [0.25, 0.3) is 17.8 Å². The molecule has 0 saturated carbocycles. The van der Waals surface area contributed by atoms with Gasteiger partial charge in [0.1, 0.15) is 11.2 Å². The van der Waals surface area contributed by atoms with Gasteiger partial charge in [-0.2, -0.15) is 10.2 Å². The van der Waals surface area contributed by atoms with Gasteiger partial charge in [0, 0.05) is 95.9 Å². The summed E-state index contributed by atoms with van der Waals surface area (Å²) >= 11 is 0. The van der Waals surface area contributed by atoms with Crippen LogP contribution >= 0.6 is 0 Å². The number of allylic oxidation sites excluding steroid dienone is 3. The van der Waals surface area contributed by atoms with E-state index in [0.717, 1.165) is 91.5 Å². The minimum atomic E-state index is -0.926. The number of anilines is 2. The van der Waals surface area contributed by atoms with Gasteiger partial charge in [-0.25, -0.2) is 25.2 Å². The number of piperidine rings is 3. The first-order valence-electron chi connectivity index (χ1n) is 26.1. The Morgan fingerprint density at radius 1 is 0.595 bits per heavy atom. The van der Waals surface area contributed by atoms with Crippen molar-refractivity contribution < 1.29 is 58.0 Å². The van der Waals surface area contributed by atoms with E-state index in [0.29, 0.717) is 54.6 Å². The number of aliphatic carboxylic acids is 2. The number of hydrogen-bond acceptors (Lipinski definition) is 13. The summed E-state index contributed by atoms with van der Waals surface area (Å²) in [6.07, 6.45) is 21.2. The highest BCUT2D eigenvalue weighted by atomic mass is 16.6. The largest absolute Gasteiger partial charge is 0.481 e. The molecule has 0 atom stereocenters. The van der Waals surface area contributed by atoms with Crippen LogP contribution in [-0.2, 0) is 28.7 Å². The standard InChI is InChI=1S/C23H27N5O4.C18H19N5O2.C13H21NO4.C2H4O2/c1-23(2,3)32-22(31)28-8-6-14(7-9-28)4-5-19(29)26-16-10-17-20-15(12-24-18(20)11-16)13-25-27-21(17)30;24-16(2-1-11-3-5-19-6-4-11)22-13-7-14-17-12(9-20-15(17)8-13)10-21-23-18(14)25;1-13(2,3)18-12(17)14-8-6-10(7-9-14)4-5-11(15)16;1-2(3)4/h4-5,10-14,24H,6-9H2,1-3H3,(H,26,29)(H,27,30);1-2,7-11,19-20H,3-6H2,(H,22,24)(H,23,25);4-5,10H,6-9H2,1-3H3,(H,15,16);1H3,(H,3,4)/b5-4+;2-1+;5-4+;. The highest BCUT2D eigenvalue weighted by molar-refractivity contribution is 6.17. The fraction of sp³-hybridized carbons (Fsp3) is 0.429. The van der Waals surface area contributed by atoms with Crippen molar-refractivity contribution in [2.45, 2.75) is 98.2 Å². The van der Waals surface area contributed by atoms with Crippen LogP contribution in [0.25, 0.3) is 21.8 Å². The molecule has 4 aromatic rings. The number of aromatic amines is 2. The van der Waals surface area contributed by atoms with Gasteiger partial charge in [0.2, 0.25) is 11.8 Å². The van der Waals surface area contributed by atoms with Gasteiger partial charge in [0.05, 0.1) is 23.6 Å². The maximum Gasteiger partial charge on any atom is 0.410 e. The zero-order valence-electron chi connectivity index (χ0n) is 45.6. The quantitative estimate of drug-likeness (QED) is 0.0773. The van der Waals surface area contributed by atoms with E-state index in [9.17, 15) is 33.6 Å². The molecule has 0 spiro atoms. The normalized spacial score (nSPS) is 16.8. The van der Waals surface area contributed by atoms with Crippen LogP contribution in [0.3, 0.4) is 0 Å². The molecule has 0 aliphatic carbocycles. The van der Waals surface area contributed by atoms with Crippen molar-refractivity contribution in [1.29, 1.82) is 0 Å². The lowest BCUT2D eigenvalue weighted by Gasteiger charge is -2.32. The molecule has 5 aliphatic heterocycles. The number of aromatic nitrogens is 2. The maximum absolute atomic E-state index is 12.5. The number of amides is 6. The van der Waals surface area contributed by atoms with Crippen LogP contribution in [0.1, 0.15) is 119 Å². The molecule has 9 rings (SSSR count). The van der Waals surface area contributed by atoms with E-state index in [2.05, 4.69) is 47.0 Å². The molecule has 2 aromatic carbocycles. The molecule has 23 nitrogen and oxygen atoms in total. The Labute approximate surface area is 457 Å². The number of nitrogens with one attached hydrogen (secondary N) is 7. The predicted molar refractivity (Wildman–Crippen MR) is 299 cm³/mol. The molecule has 0 unspecified atom stereocenters. The second kappa shape index (κ2) is 27.1. The first-order valence-corrected chi connectivity index (χ1v) is 26.1. The Morgan fingerprint density at radius 3 is 1.33 bits per heavy atom. The Balaban J connectivity index is 0.000000192. The van der Waals surface area contributed by atoms with Crippen molar-refractivity contribution in [2.24, 2.45) is 28.0 Å². The van der Waals surface area contributed by atoms with E-state index in [-0.39, 0.29) is 47.7 Å². The number of hydrogen-bond donors (Lipinski definition) is 9. The lowest BCUT2D eigenvalue weighted by Crippen LogP contribution is -2.41. The van der Waals surface area contributed by atoms with E-state index in [4.69, 9.17) is 24.5 Å². The van der Waals surface area contributed by atoms with Crippen LogP contribution in [-0.4, -0.2) is 141 Å². The third-order valence-electron chi connectivity index (χ3n) is 12.7. The van der Waals surface area contributed by atoms with Crippen LogP contribution in [0.2, 0.25) is 0 Å². The monoisotopic (exact) mass is 1090 g/mol. The average molecular weight is 1090 g/mol. The van der Waals surface area contributed by atoms with Crippen LogP contribution in [0.15, 0.2) is 83.3 Å². The van der Waals surface area contributed by atoms with Gasteiger partial charge in [-0.1, -0.05) is 18.2 Å². The zero-order valence-corrected chi connectivity index (χ0v) is 45.6. The van der Waals surface area contributed by atoms with Crippen LogP contribution < -0.4 is 26.8 Å². The molecule has 5 aliphatic rings. The number of likely N-dealkylation sites (tertiary alicyclic amines) is 2. The second-order valence-corrected chi connectivity index (χ2v) is 21.4. The van der Waals surface area contributed by atoms with Gasteiger partial charge in [-0.15, -0.1) is 0 Å². The number of rotatable bonds is 8. The Morgan fingerprint density at radius 2 is 0.962 bits per heavy atom. The molecule has 2 aromatic heterocycles. The predicted octanol–water partition coefficient (Wildman–Crippen LogP) is 7.49. The summed E-state index contributed by atoms with van der Waals surface area (Å²) in [7, 11) is 0. The van der Waals surface area contributed by atoms with E-state index in [1.165, 1.54) is 12.2 Å². The van der Waals surface area contributed by atoms with E-state index < -0.39 is 23.1 Å². The highest BCUT2D eigenvalue weighted by Crippen LogP contribution is 2.30. The van der Waals surface area contributed by atoms with Gasteiger partial charge in [-0.3, -0.25) is 24.0 Å². The molecule has 3 fully saturated rings. The summed E-state index contributed by atoms with van der Waals surface area (Å²) in [5.74, 6) is -1.96. The Hall–Kier alpha value is -8.60. The molecule has 422 valence electrons. The molecule has 9 N–H and O–H groups in total. The number of H-pyrrole nitrogens is 2. The molecule has 3 saturated heterocycles. The van der Waals surface area contributed by atoms with Crippen LogP contribution in [0, 0.1) is 17.8 Å². The van der Waals surface area contributed by atoms with Gasteiger partial charge < -0.3 is 55.4 Å². The van der Waals surface area contributed by atoms with Crippen molar-refractivity contribution in [2.75, 3.05) is 49.9 Å². The molecular weight excluding hydrogens is 1020 g/mol. The zero-order chi connectivity index (χ0) is 57.4. The first-order chi connectivity index (χ1) is 37.4. The smallest absolute Gasteiger partial charge is 0.410 e. The molecular formula is C56H71N11O12. The van der Waals surface area contributed by atoms with Gasteiger partial charge in [0.15, 0.2) is 0 Å². The van der Waals surface area contributed by atoms with E-state index in [1.807, 2.05) is 59.8 Å². The van der Waals surface area contributed by atoms with Crippen LogP contribution in [0.5, 0.6) is 0 Å². The van der Waals surface area contributed by atoms with E-state index >= 15 is 0 Å². The number of hydrazone groups is 2. The minimum absolute atomic E-state index is 0.192. The third kappa shape index (κ3) is 18.5. The maximum atomic E-state index is 12.5. The van der Waals surface area contributed by atoms with Gasteiger partial charge >= 0.3 is 18.2 Å². The van der Waals surface area contributed by atoms with Crippen molar-refractivity contribution in [1.82, 2.24) is 35.9 Å². The number of nitrogens with zero attached hydrogens (tertiary/aromatic N) is 4. The summed E-state index contributed by atoms with van der Waals surface area (Å²) in [4.78, 5) is 102. The summed E-state index contributed by atoms with van der Waals surface area (Å²) in [6, 6.07) is 6.94. The van der Waals surface area contributed by atoms with E-state index in [1.54, 1.807) is 65.0 Å². The highest BCUT2D eigenvalue weighted by Gasteiger charge is 2.28. The Bertz CT molecular complexity index is 3040. The van der Waals surface area contributed by atoms with Crippen molar-refractivity contribution in [3.05, 3.63) is 95.4 Å². The molecule has 0 bridgehead atoms. The molecule has 79 heavy (non-hydrogen) atoms. The molecule has 7 heterocycles. The molecule has 6 amide bonds. The lowest BCUT2D eigenvalue weighted by molar-refractivity contribution is -0.134. The number of carboxylic acids is 2. The Kier molecular flexibility index (Phi) is 20.5. The van der Waals surface area contributed by atoms with Gasteiger partial charge in [-0.05, 0) is 147 Å². The number of carbonyl (C=O) groups excluding carboxylic acids is 6. The molecule has 23 heteroatoms. The minimum Gasteiger partial charge on any atom is -0.481 e. The fourth-order valence-corrected chi connectivity index (χ4v) is 9.01. The van der Waals surface area contributed by atoms with Crippen molar-refractivity contribution in [3.8, 4) is 0 Å². The fourth-order valence-electron chi connectivity index (χ4n) is 9.01. The topological polar surface area (TPSA) is 318 Å². The molecule has 0 radical (unpaired) electrons. The van der Waals surface area contributed by atoms with Crippen LogP contribution in [0.4, 0.5) is 21.0 Å². The van der Waals surface area contributed by atoms with Crippen molar-refractivity contribution >= 4 is 93.4 Å². The number of benzene rings is 2. The summed E-state index contributed by atoms with van der Waals surface area (Å²) in [6.45, 7) is 16.6. The number of carbonyl (C=O) groups is 8. The summed E-state index contributed by atoms with van der Waals surface area (Å²) in [5.41, 5.74) is 9.16. The summed E-state index contributed by atoms with van der Waals surface area (Å²) < 4.78 is 10.7. The average Bonchev–Trinajstić information content (AvgIpc) is 4.02. The number of ether oxygens (including phenoxy) is 2. The lowest BCUT2D eigenvalue weighted by atomic mass is 9.96. The van der Waals surface area contributed by atoms with Crippen molar-refractivity contribution in [3.63, 3.8) is 0 Å². The first kappa shape index (κ1) is 59.6. The third-order valence-corrected chi connectivity index (χ3v) is 12.7. The summed E-state index contributed by atoms with van der Waals surface area (Å²) in [5, 5.41) is 34.3. The second-order valence-electron chi connectivity index (χ2n) is 21.4. The number of carboxylic acid groups (broad SMARTS) is 2. The SMILES string of the molecule is CC(=O)O.CC(C)(C)OC(=O)N1CCC(/C=C/C(=O)Nc2cc3c4c(c[nH]c4c2)C=NNC3=O)CC1.CC(C)(C)OC(=O)N1CCC(/C=C/C(=O)O)CC1.O=C(/C=C/C1CCNCC1)Nc1cc2c3c(c[nH]c3c1)C=NNC2=O.